The van der Waals surface area contributed by atoms with Crippen LogP contribution in [0.4, 0.5) is 0 Å². The van der Waals surface area contributed by atoms with E-state index in [1.165, 1.54) is 0 Å². The van der Waals surface area contributed by atoms with E-state index in [1.807, 2.05) is 0 Å². The van der Waals surface area contributed by atoms with Gasteiger partial charge in [0.15, 0.2) is 0 Å². The topological polar surface area (TPSA) is 183 Å². The summed E-state index contributed by atoms with van der Waals surface area (Å²) < 4.78 is 94.4. The molecule has 0 aliphatic carbocycles. The first-order valence-corrected chi connectivity index (χ1v) is 9.77. The maximum absolute atomic E-state index is 11.3. The van der Waals surface area contributed by atoms with E-state index in [9.17, 15) is 30.4 Å². The van der Waals surface area contributed by atoms with Gasteiger partial charge in [-0.05, 0) is 18.2 Å². The predicted octanol–water partition coefficient (Wildman–Crippen LogP) is 0.286. The second kappa shape index (κ2) is 5.12. The number of benzene rings is 2. The molecular weight excluding hydrogens is 376 g/mol. The Balaban J connectivity index is 3.13. The quantitative estimate of drug-likeness (QED) is 0.536. The Bertz CT molecular complexity index is 1130. The molecule has 4 N–H and O–H groups in total. The highest BCUT2D eigenvalue weighted by molar-refractivity contribution is 7.87. The number of fused-ring (bicyclic) bond motifs is 1. The highest BCUT2D eigenvalue weighted by Gasteiger charge is 2.26. The first-order chi connectivity index (χ1) is 10.2. The number of hydrogen-bond acceptors (Lipinski definition) is 7. The SMILES string of the molecule is O=S(=O)(O)c1ccc2c(S(=O)(=O)O)cc(S(=O)(=O)O)c(O)c2c1. The molecule has 2 aromatic rings. The zero-order valence-corrected chi connectivity index (χ0v) is 13.2. The molecule has 13 heteroatoms. The minimum Gasteiger partial charge on any atom is -0.506 e. The summed E-state index contributed by atoms with van der Waals surface area (Å²) in [5.74, 6) is -1.15. The van der Waals surface area contributed by atoms with Gasteiger partial charge in [-0.25, -0.2) is 0 Å². The lowest BCUT2D eigenvalue weighted by atomic mass is 10.1. The van der Waals surface area contributed by atoms with E-state index >= 15 is 0 Å². The van der Waals surface area contributed by atoms with Gasteiger partial charge in [0.05, 0.1) is 4.90 Å². The van der Waals surface area contributed by atoms with Gasteiger partial charge in [0.2, 0.25) is 0 Å². The molecule has 0 spiro atoms. The summed E-state index contributed by atoms with van der Waals surface area (Å²) in [5, 5.41) is 8.81. The van der Waals surface area contributed by atoms with E-state index in [1.54, 1.807) is 0 Å². The van der Waals surface area contributed by atoms with Crippen LogP contribution in [0.5, 0.6) is 5.75 Å². The largest absolute Gasteiger partial charge is 0.506 e. The van der Waals surface area contributed by atoms with E-state index in [0.29, 0.717) is 12.1 Å². The van der Waals surface area contributed by atoms with Crippen LogP contribution in [-0.2, 0) is 30.4 Å². The molecule has 0 aliphatic rings. The molecule has 2 aromatic carbocycles. The average molecular weight is 384 g/mol. The smallest absolute Gasteiger partial charge is 0.298 e. The zero-order valence-electron chi connectivity index (χ0n) is 10.8. The Morgan fingerprint density at radius 2 is 1.17 bits per heavy atom. The van der Waals surface area contributed by atoms with Gasteiger partial charge in [-0.3, -0.25) is 13.7 Å². The molecule has 126 valence electrons. The van der Waals surface area contributed by atoms with Crippen LogP contribution in [0.1, 0.15) is 0 Å². The van der Waals surface area contributed by atoms with E-state index in [-0.39, 0.29) is 0 Å². The lowest BCUT2D eigenvalue weighted by Crippen LogP contribution is -2.06. The first kappa shape index (κ1) is 17.6. The van der Waals surface area contributed by atoms with Gasteiger partial charge in [0, 0.05) is 10.8 Å². The molecule has 2 rings (SSSR count). The Kier molecular flexibility index (Phi) is 3.91. The molecule has 0 bridgehead atoms. The molecule has 0 unspecified atom stereocenters. The maximum atomic E-state index is 11.3. The number of rotatable bonds is 3. The van der Waals surface area contributed by atoms with Crippen LogP contribution in [0.3, 0.4) is 0 Å². The molecule has 0 saturated heterocycles. The summed E-state index contributed by atoms with van der Waals surface area (Å²) in [6.07, 6.45) is 0. The third kappa shape index (κ3) is 3.29. The Morgan fingerprint density at radius 1 is 0.652 bits per heavy atom. The van der Waals surface area contributed by atoms with Gasteiger partial charge in [-0.2, -0.15) is 25.3 Å². The number of aromatic hydroxyl groups is 1. The third-order valence-corrected chi connectivity index (χ3v) is 5.47. The van der Waals surface area contributed by atoms with Crippen LogP contribution in [0.15, 0.2) is 39.0 Å². The van der Waals surface area contributed by atoms with Crippen LogP contribution >= 0.6 is 0 Å². The van der Waals surface area contributed by atoms with Crippen molar-refractivity contribution < 1.29 is 44.0 Å². The van der Waals surface area contributed by atoms with Crippen LogP contribution in [0, 0.1) is 0 Å². The molecular formula is C10H8O10S3. The summed E-state index contributed by atoms with van der Waals surface area (Å²) in [6, 6.07) is 2.51. The molecule has 0 heterocycles. The minimum absolute atomic E-state index is 0.315. The van der Waals surface area contributed by atoms with Gasteiger partial charge in [0.1, 0.15) is 15.5 Å². The second-order valence-electron chi connectivity index (χ2n) is 4.35. The van der Waals surface area contributed by atoms with Gasteiger partial charge >= 0.3 is 0 Å². The number of phenolic OH excluding ortho intramolecular Hbond substituents is 1. The van der Waals surface area contributed by atoms with Gasteiger partial charge in [0.25, 0.3) is 30.4 Å². The van der Waals surface area contributed by atoms with E-state index in [0.717, 1.165) is 12.1 Å². The summed E-state index contributed by atoms with van der Waals surface area (Å²) in [4.78, 5) is -3.01. The number of phenols is 1. The van der Waals surface area contributed by atoms with Crippen molar-refractivity contribution in [3.63, 3.8) is 0 Å². The fourth-order valence-corrected chi connectivity index (χ4v) is 3.83. The third-order valence-electron chi connectivity index (χ3n) is 2.86. The van der Waals surface area contributed by atoms with Crippen molar-refractivity contribution in [1.29, 1.82) is 0 Å². The van der Waals surface area contributed by atoms with Crippen LogP contribution in [0.25, 0.3) is 10.8 Å². The summed E-state index contributed by atoms with van der Waals surface area (Å²) in [7, 11) is -14.8. The van der Waals surface area contributed by atoms with Crippen molar-refractivity contribution in [2.45, 2.75) is 14.7 Å². The first-order valence-electron chi connectivity index (χ1n) is 5.45. The van der Waals surface area contributed by atoms with Gasteiger partial charge in [-0.15, -0.1) is 0 Å². The van der Waals surface area contributed by atoms with Crippen molar-refractivity contribution in [2.24, 2.45) is 0 Å². The molecule has 23 heavy (non-hydrogen) atoms. The number of hydrogen-bond donors (Lipinski definition) is 4. The normalized spacial score (nSPS) is 13.3. The van der Waals surface area contributed by atoms with Crippen LogP contribution < -0.4 is 0 Å². The molecule has 0 aromatic heterocycles. The van der Waals surface area contributed by atoms with E-state index in [4.69, 9.17) is 13.7 Å². The van der Waals surface area contributed by atoms with E-state index in [2.05, 4.69) is 0 Å². The molecule has 0 fully saturated rings. The Labute approximate surface area is 130 Å². The second-order valence-corrected chi connectivity index (χ2v) is 8.56. The van der Waals surface area contributed by atoms with Crippen molar-refractivity contribution in [3.05, 3.63) is 24.3 Å². The van der Waals surface area contributed by atoms with Crippen molar-refractivity contribution in [1.82, 2.24) is 0 Å². The fraction of sp³-hybridized carbons (Fsp3) is 0. The summed E-state index contributed by atoms with van der Waals surface area (Å²) >= 11 is 0. The lowest BCUT2D eigenvalue weighted by molar-refractivity contribution is 0.447. The lowest BCUT2D eigenvalue weighted by Gasteiger charge is -2.10. The molecule has 0 aliphatic heterocycles. The Hall–Kier alpha value is -1.77. The summed E-state index contributed by atoms with van der Waals surface area (Å²) in [6.45, 7) is 0. The van der Waals surface area contributed by atoms with Crippen molar-refractivity contribution in [2.75, 3.05) is 0 Å². The fourth-order valence-electron chi connectivity index (χ4n) is 1.90. The minimum atomic E-state index is -5.09. The van der Waals surface area contributed by atoms with Crippen molar-refractivity contribution in [3.8, 4) is 5.75 Å². The highest BCUT2D eigenvalue weighted by Crippen LogP contribution is 2.37. The van der Waals surface area contributed by atoms with Gasteiger partial charge in [-0.1, -0.05) is 6.07 Å². The monoisotopic (exact) mass is 384 g/mol. The summed E-state index contributed by atoms with van der Waals surface area (Å²) in [5.41, 5.74) is 0. The molecule has 0 amide bonds. The van der Waals surface area contributed by atoms with E-state index < -0.39 is 61.6 Å². The molecule has 0 saturated carbocycles. The Morgan fingerprint density at radius 3 is 1.61 bits per heavy atom. The highest BCUT2D eigenvalue weighted by atomic mass is 32.2. The van der Waals surface area contributed by atoms with Crippen molar-refractivity contribution >= 4 is 41.1 Å². The average Bonchev–Trinajstić information content (AvgIpc) is 2.34. The predicted molar refractivity (Wildman–Crippen MR) is 75.1 cm³/mol. The molecule has 0 atom stereocenters. The van der Waals surface area contributed by atoms with Gasteiger partial charge < -0.3 is 5.11 Å². The van der Waals surface area contributed by atoms with Crippen LogP contribution in [0.2, 0.25) is 0 Å². The zero-order chi connectivity index (χ0) is 17.8. The maximum Gasteiger partial charge on any atom is 0.298 e. The molecule has 0 radical (unpaired) electrons. The molecule has 10 nitrogen and oxygen atoms in total. The standard InChI is InChI=1S/C10H8O10S3/c11-10-7-3-5(21(12,13)14)1-2-6(7)8(22(15,16)17)4-9(10)23(18,19)20/h1-4,11H,(H,12,13,14)(H,15,16,17)(H,18,19,20). The van der Waals surface area contributed by atoms with Crippen LogP contribution in [-0.4, -0.2) is 44.0 Å².